The summed E-state index contributed by atoms with van der Waals surface area (Å²) in [7, 11) is 3.15. The maximum Gasteiger partial charge on any atom is 0.253 e. The van der Waals surface area contributed by atoms with E-state index in [0.717, 1.165) is 11.1 Å². The molecule has 1 saturated heterocycles. The number of anilines is 2. The molecular formula is C25H31N5O4. The van der Waals surface area contributed by atoms with E-state index in [1.54, 1.807) is 38.5 Å². The van der Waals surface area contributed by atoms with Crippen LogP contribution in [0.1, 0.15) is 35.3 Å². The molecule has 1 amide bonds. The van der Waals surface area contributed by atoms with Gasteiger partial charge in [-0.25, -0.2) is 4.98 Å². The number of phenolic OH excluding ortho intramolecular Hbond substituents is 1. The van der Waals surface area contributed by atoms with Gasteiger partial charge >= 0.3 is 0 Å². The SMILES string of the molecule is CCc1cc(C(=O)N2CCN(c3nc(N)c4cc(OC)c(OC)cc4n3)CC2)cc(CC)c1O. The molecule has 0 unspecified atom stereocenters. The maximum absolute atomic E-state index is 13.2. The van der Waals surface area contributed by atoms with E-state index in [2.05, 4.69) is 4.98 Å². The minimum Gasteiger partial charge on any atom is -0.507 e. The van der Waals surface area contributed by atoms with Crippen molar-refractivity contribution < 1.29 is 19.4 Å². The van der Waals surface area contributed by atoms with E-state index in [1.807, 2.05) is 23.6 Å². The van der Waals surface area contributed by atoms with Gasteiger partial charge in [-0.2, -0.15) is 4.98 Å². The summed E-state index contributed by atoms with van der Waals surface area (Å²) < 4.78 is 10.7. The van der Waals surface area contributed by atoms with Crippen molar-refractivity contribution in [1.82, 2.24) is 14.9 Å². The highest BCUT2D eigenvalue weighted by atomic mass is 16.5. The molecule has 0 saturated carbocycles. The standard InChI is InChI=1S/C25H31N5O4/c1-5-15-11-17(12-16(6-2)22(15)31)24(32)29-7-9-30(10-8-29)25-27-19-14-21(34-4)20(33-3)13-18(19)23(26)28-25/h11-14,31H,5-10H2,1-4H3,(H2,26,27,28). The fourth-order valence-electron chi connectivity index (χ4n) is 4.32. The number of rotatable bonds is 6. The first-order chi connectivity index (χ1) is 16.4. The van der Waals surface area contributed by atoms with Gasteiger partial charge in [-0.3, -0.25) is 4.79 Å². The number of benzene rings is 2. The van der Waals surface area contributed by atoms with Crippen molar-refractivity contribution in [2.24, 2.45) is 0 Å². The molecule has 2 aromatic carbocycles. The summed E-state index contributed by atoms with van der Waals surface area (Å²) >= 11 is 0. The molecule has 3 aromatic rings. The Morgan fingerprint density at radius 2 is 1.56 bits per heavy atom. The Balaban J connectivity index is 1.53. The first-order valence-corrected chi connectivity index (χ1v) is 11.5. The molecule has 0 aliphatic carbocycles. The van der Waals surface area contributed by atoms with Crippen LogP contribution in [0.5, 0.6) is 17.2 Å². The minimum atomic E-state index is -0.0279. The number of aryl methyl sites for hydroxylation is 2. The van der Waals surface area contributed by atoms with Crippen molar-refractivity contribution in [3.63, 3.8) is 0 Å². The Bertz CT molecular complexity index is 1200. The van der Waals surface area contributed by atoms with E-state index in [-0.39, 0.29) is 5.91 Å². The van der Waals surface area contributed by atoms with Gasteiger partial charge < -0.3 is 30.1 Å². The van der Waals surface area contributed by atoms with Crippen molar-refractivity contribution in [2.75, 3.05) is 51.0 Å². The lowest BCUT2D eigenvalue weighted by molar-refractivity contribution is 0.0746. The maximum atomic E-state index is 13.2. The lowest BCUT2D eigenvalue weighted by Crippen LogP contribution is -2.49. The lowest BCUT2D eigenvalue weighted by atomic mass is 9.99. The zero-order valence-corrected chi connectivity index (χ0v) is 20.1. The number of carbonyl (C=O) groups excluding carboxylic acids is 1. The number of methoxy groups -OCH3 is 2. The van der Waals surface area contributed by atoms with Crippen molar-refractivity contribution in [3.05, 3.63) is 41.0 Å². The van der Waals surface area contributed by atoms with Gasteiger partial charge in [0.2, 0.25) is 5.95 Å². The molecule has 4 rings (SSSR count). The second kappa shape index (κ2) is 9.62. The number of phenols is 1. The van der Waals surface area contributed by atoms with Crippen LogP contribution in [-0.4, -0.2) is 66.3 Å². The van der Waals surface area contributed by atoms with E-state index < -0.39 is 0 Å². The van der Waals surface area contributed by atoms with Gasteiger partial charge in [-0.15, -0.1) is 0 Å². The topological polar surface area (TPSA) is 114 Å². The number of nitrogens with zero attached hydrogens (tertiary/aromatic N) is 4. The molecule has 180 valence electrons. The highest BCUT2D eigenvalue weighted by molar-refractivity contribution is 5.95. The van der Waals surface area contributed by atoms with Crippen LogP contribution in [0.2, 0.25) is 0 Å². The molecule has 0 atom stereocenters. The molecule has 0 spiro atoms. The molecule has 1 fully saturated rings. The second-order valence-electron chi connectivity index (χ2n) is 8.26. The van der Waals surface area contributed by atoms with Crippen LogP contribution in [0.4, 0.5) is 11.8 Å². The average Bonchev–Trinajstić information content (AvgIpc) is 2.87. The van der Waals surface area contributed by atoms with Gasteiger partial charge in [0, 0.05) is 43.2 Å². The van der Waals surface area contributed by atoms with Crippen LogP contribution in [0, 0.1) is 0 Å². The van der Waals surface area contributed by atoms with E-state index in [1.165, 1.54) is 0 Å². The summed E-state index contributed by atoms with van der Waals surface area (Å²) in [6.45, 7) is 6.20. The summed E-state index contributed by atoms with van der Waals surface area (Å²) in [5.74, 6) is 2.29. The predicted octanol–water partition coefficient (Wildman–Crippen LogP) is 3.02. The number of nitrogens with two attached hydrogens (primary N) is 1. The van der Waals surface area contributed by atoms with Gasteiger partial charge in [0.1, 0.15) is 11.6 Å². The third-order valence-corrected chi connectivity index (χ3v) is 6.35. The van der Waals surface area contributed by atoms with Gasteiger partial charge in [-0.1, -0.05) is 13.8 Å². The highest BCUT2D eigenvalue weighted by Gasteiger charge is 2.25. The molecule has 0 radical (unpaired) electrons. The lowest BCUT2D eigenvalue weighted by Gasteiger charge is -2.35. The number of ether oxygens (including phenoxy) is 2. The summed E-state index contributed by atoms with van der Waals surface area (Å²) in [4.78, 5) is 26.3. The molecule has 2 heterocycles. The Morgan fingerprint density at radius 1 is 0.971 bits per heavy atom. The number of nitrogen functional groups attached to an aromatic ring is 1. The zero-order chi connectivity index (χ0) is 24.4. The molecule has 3 N–H and O–H groups in total. The number of carbonyl (C=O) groups is 1. The monoisotopic (exact) mass is 465 g/mol. The van der Waals surface area contributed by atoms with Crippen molar-refractivity contribution in [3.8, 4) is 17.2 Å². The molecule has 9 heteroatoms. The van der Waals surface area contributed by atoms with E-state index in [9.17, 15) is 9.90 Å². The summed E-state index contributed by atoms with van der Waals surface area (Å²) in [5, 5.41) is 11.1. The number of hydrogen-bond acceptors (Lipinski definition) is 8. The summed E-state index contributed by atoms with van der Waals surface area (Å²) in [6.07, 6.45) is 1.34. The third kappa shape index (κ3) is 4.25. The van der Waals surface area contributed by atoms with E-state index >= 15 is 0 Å². The number of aromatic hydroxyl groups is 1. The van der Waals surface area contributed by atoms with Crippen LogP contribution in [-0.2, 0) is 12.8 Å². The van der Waals surface area contributed by atoms with Crippen LogP contribution < -0.4 is 20.1 Å². The molecule has 1 aliphatic heterocycles. The van der Waals surface area contributed by atoms with Gasteiger partial charge in [-0.05, 0) is 42.2 Å². The van der Waals surface area contributed by atoms with Crippen molar-refractivity contribution >= 4 is 28.6 Å². The quantitative estimate of drug-likeness (QED) is 0.571. The predicted molar refractivity (Wildman–Crippen MR) is 132 cm³/mol. The Morgan fingerprint density at radius 3 is 2.12 bits per heavy atom. The van der Waals surface area contributed by atoms with Gasteiger partial charge in [0.25, 0.3) is 5.91 Å². The van der Waals surface area contributed by atoms with Crippen LogP contribution >= 0.6 is 0 Å². The van der Waals surface area contributed by atoms with Crippen LogP contribution in [0.15, 0.2) is 24.3 Å². The van der Waals surface area contributed by atoms with Crippen LogP contribution in [0.25, 0.3) is 10.9 Å². The number of amides is 1. The zero-order valence-electron chi connectivity index (χ0n) is 20.1. The Kier molecular flexibility index (Phi) is 6.63. The number of piperazine rings is 1. The minimum absolute atomic E-state index is 0.0279. The van der Waals surface area contributed by atoms with Gasteiger partial charge in [0.15, 0.2) is 11.5 Å². The average molecular weight is 466 g/mol. The Hall–Kier alpha value is -3.75. The molecule has 9 nitrogen and oxygen atoms in total. The van der Waals surface area contributed by atoms with Crippen LogP contribution in [0.3, 0.4) is 0 Å². The smallest absolute Gasteiger partial charge is 0.253 e. The van der Waals surface area contributed by atoms with Gasteiger partial charge in [0.05, 0.1) is 19.7 Å². The number of aromatic nitrogens is 2. The normalized spacial score (nSPS) is 13.9. The molecule has 1 aliphatic rings. The Labute approximate surface area is 199 Å². The highest BCUT2D eigenvalue weighted by Crippen LogP contribution is 2.34. The second-order valence-corrected chi connectivity index (χ2v) is 8.26. The molecule has 0 bridgehead atoms. The first kappa shape index (κ1) is 23.4. The summed E-state index contributed by atoms with van der Waals surface area (Å²) in [6, 6.07) is 7.17. The number of fused-ring (bicyclic) bond motifs is 1. The largest absolute Gasteiger partial charge is 0.507 e. The fourth-order valence-corrected chi connectivity index (χ4v) is 4.32. The molecule has 34 heavy (non-hydrogen) atoms. The number of hydrogen-bond donors (Lipinski definition) is 2. The van der Waals surface area contributed by atoms with E-state index in [4.69, 9.17) is 20.2 Å². The van der Waals surface area contributed by atoms with E-state index in [0.29, 0.717) is 84.5 Å². The molecule has 1 aromatic heterocycles. The fraction of sp³-hybridized carbons (Fsp3) is 0.400. The van der Waals surface area contributed by atoms with Crippen molar-refractivity contribution in [2.45, 2.75) is 26.7 Å². The molecular weight excluding hydrogens is 434 g/mol. The summed E-state index contributed by atoms with van der Waals surface area (Å²) in [5.41, 5.74) is 9.12. The van der Waals surface area contributed by atoms with Crippen molar-refractivity contribution in [1.29, 1.82) is 0 Å². The third-order valence-electron chi connectivity index (χ3n) is 6.35. The first-order valence-electron chi connectivity index (χ1n) is 11.5.